The molecule has 0 aliphatic heterocycles. The van der Waals surface area contributed by atoms with E-state index in [2.05, 4.69) is 15.6 Å². The number of hydrogen-bond donors (Lipinski definition) is 2. The zero-order valence-corrected chi connectivity index (χ0v) is 19.0. The molecular weight excluding hydrogens is 471 g/mol. The number of para-hydroxylation sites is 1. The normalized spacial score (nSPS) is 10.8. The van der Waals surface area contributed by atoms with Crippen molar-refractivity contribution >= 4 is 67.9 Å². The molecule has 0 bridgehead atoms. The van der Waals surface area contributed by atoms with Crippen molar-refractivity contribution in [1.82, 2.24) is 9.55 Å². The number of carbonyl (C=O) groups excluding carboxylic acids is 2. The molecule has 32 heavy (non-hydrogen) atoms. The highest BCUT2D eigenvalue weighted by atomic mass is 35.5. The fourth-order valence-electron chi connectivity index (χ4n) is 3.13. The molecule has 162 valence electrons. The van der Waals surface area contributed by atoms with Gasteiger partial charge in [0, 0.05) is 11.4 Å². The van der Waals surface area contributed by atoms with Crippen molar-refractivity contribution in [2.75, 3.05) is 10.6 Å². The highest BCUT2D eigenvalue weighted by Crippen LogP contribution is 2.28. The van der Waals surface area contributed by atoms with Gasteiger partial charge in [0.05, 0.1) is 26.6 Å². The molecule has 7 nitrogen and oxygen atoms in total. The van der Waals surface area contributed by atoms with Crippen LogP contribution in [0.15, 0.2) is 59.7 Å². The average molecular weight is 487 g/mol. The number of rotatable bonds is 5. The summed E-state index contributed by atoms with van der Waals surface area (Å²) in [6.45, 7) is 1.45. The molecular formula is C22H16Cl2N4O3S. The molecule has 2 aromatic carbocycles. The first kappa shape index (κ1) is 22.0. The Morgan fingerprint density at radius 2 is 1.78 bits per heavy atom. The summed E-state index contributed by atoms with van der Waals surface area (Å²) < 4.78 is 1.20. The number of carbonyl (C=O) groups is 2. The van der Waals surface area contributed by atoms with Crippen LogP contribution in [-0.2, 0) is 11.3 Å². The number of nitrogens with one attached hydrogen (secondary N) is 2. The number of fused-ring (bicyclic) bond motifs is 1. The minimum Gasteiger partial charge on any atom is -0.324 e. The number of amides is 2. The van der Waals surface area contributed by atoms with Gasteiger partial charge in [0.25, 0.3) is 11.5 Å². The number of nitrogens with zero attached hydrogens (tertiary/aromatic N) is 2. The maximum absolute atomic E-state index is 13.0. The Hall–Kier alpha value is -3.20. The molecule has 0 unspecified atom stereocenters. The predicted molar refractivity (Wildman–Crippen MR) is 128 cm³/mol. The zero-order valence-electron chi connectivity index (χ0n) is 16.7. The largest absolute Gasteiger partial charge is 0.324 e. The van der Waals surface area contributed by atoms with Crippen LogP contribution in [-0.4, -0.2) is 21.4 Å². The van der Waals surface area contributed by atoms with E-state index in [4.69, 9.17) is 23.2 Å². The van der Waals surface area contributed by atoms with Gasteiger partial charge in [-0.25, -0.2) is 4.98 Å². The second kappa shape index (κ2) is 9.12. The first-order chi connectivity index (χ1) is 15.3. The van der Waals surface area contributed by atoms with Crippen molar-refractivity contribution in [1.29, 1.82) is 0 Å². The van der Waals surface area contributed by atoms with Crippen molar-refractivity contribution in [3.8, 4) is 0 Å². The number of halogens is 2. The van der Waals surface area contributed by atoms with Gasteiger partial charge in [-0.1, -0.05) is 41.4 Å². The van der Waals surface area contributed by atoms with E-state index in [0.29, 0.717) is 42.1 Å². The summed E-state index contributed by atoms with van der Waals surface area (Å²) in [5.74, 6) is -0.749. The van der Waals surface area contributed by atoms with Gasteiger partial charge in [-0.05, 0) is 42.8 Å². The molecule has 0 radical (unpaired) electrons. The molecule has 0 saturated carbocycles. The van der Waals surface area contributed by atoms with Gasteiger partial charge >= 0.3 is 0 Å². The molecule has 4 rings (SSSR count). The van der Waals surface area contributed by atoms with Gasteiger partial charge in [0.15, 0.2) is 0 Å². The van der Waals surface area contributed by atoms with Crippen LogP contribution >= 0.6 is 34.5 Å². The van der Waals surface area contributed by atoms with Crippen LogP contribution in [0.3, 0.4) is 0 Å². The quantitative estimate of drug-likeness (QED) is 0.416. The van der Waals surface area contributed by atoms with Crippen molar-refractivity contribution < 1.29 is 9.59 Å². The first-order valence-corrected chi connectivity index (χ1v) is 11.0. The van der Waals surface area contributed by atoms with Crippen molar-refractivity contribution in [2.45, 2.75) is 13.5 Å². The Balaban J connectivity index is 1.57. The maximum atomic E-state index is 13.0. The molecule has 0 atom stereocenters. The Labute approximate surface area is 196 Å². The minimum atomic E-state index is -0.429. The predicted octanol–water partition coefficient (Wildman–Crippen LogP) is 4.96. The summed E-state index contributed by atoms with van der Waals surface area (Å²) >= 11 is 13.0. The number of thiophene rings is 1. The van der Waals surface area contributed by atoms with E-state index >= 15 is 0 Å². The van der Waals surface area contributed by atoms with Gasteiger partial charge in [-0.2, -0.15) is 0 Å². The zero-order chi connectivity index (χ0) is 22.8. The third kappa shape index (κ3) is 4.52. The van der Waals surface area contributed by atoms with Gasteiger partial charge in [-0.3, -0.25) is 19.0 Å². The Morgan fingerprint density at radius 1 is 1.03 bits per heavy atom. The van der Waals surface area contributed by atoms with Crippen LogP contribution in [0.1, 0.15) is 15.2 Å². The molecule has 2 aromatic heterocycles. The summed E-state index contributed by atoms with van der Waals surface area (Å²) in [5.41, 5.74) is 1.23. The van der Waals surface area contributed by atoms with E-state index in [1.54, 1.807) is 31.2 Å². The average Bonchev–Trinajstić information content (AvgIpc) is 3.11. The SMILES string of the molecule is Cc1c(C(=O)Nc2ccccc2)sc2ncn(CC(=O)Nc3ccc(Cl)c(Cl)c3)c(=O)c12. The lowest BCUT2D eigenvalue weighted by atomic mass is 10.2. The number of benzene rings is 2. The van der Waals surface area contributed by atoms with Gasteiger partial charge in [0.2, 0.25) is 5.91 Å². The summed E-state index contributed by atoms with van der Waals surface area (Å²) in [4.78, 5) is 43.3. The van der Waals surface area contributed by atoms with Gasteiger partial charge in [0.1, 0.15) is 11.4 Å². The van der Waals surface area contributed by atoms with Crippen LogP contribution in [0.2, 0.25) is 10.0 Å². The smallest absolute Gasteiger partial charge is 0.266 e. The van der Waals surface area contributed by atoms with Crippen molar-refractivity contribution in [2.24, 2.45) is 0 Å². The van der Waals surface area contributed by atoms with Crippen molar-refractivity contribution in [3.63, 3.8) is 0 Å². The van der Waals surface area contributed by atoms with E-state index < -0.39 is 11.5 Å². The lowest BCUT2D eigenvalue weighted by Crippen LogP contribution is -2.28. The summed E-state index contributed by atoms with van der Waals surface area (Å²) in [6.07, 6.45) is 1.30. The highest BCUT2D eigenvalue weighted by Gasteiger charge is 2.20. The lowest BCUT2D eigenvalue weighted by molar-refractivity contribution is -0.116. The van der Waals surface area contributed by atoms with E-state index in [1.165, 1.54) is 17.0 Å². The van der Waals surface area contributed by atoms with Crippen molar-refractivity contribution in [3.05, 3.63) is 85.7 Å². The monoisotopic (exact) mass is 486 g/mol. The molecule has 10 heteroatoms. The Kier molecular flexibility index (Phi) is 6.27. The second-order valence-electron chi connectivity index (χ2n) is 6.91. The van der Waals surface area contributed by atoms with E-state index in [1.807, 2.05) is 18.2 Å². The summed E-state index contributed by atoms with van der Waals surface area (Å²) in [6, 6.07) is 13.7. The molecule has 0 fully saturated rings. The molecule has 0 aliphatic rings. The minimum absolute atomic E-state index is 0.247. The third-order valence-electron chi connectivity index (χ3n) is 4.67. The summed E-state index contributed by atoms with van der Waals surface area (Å²) in [7, 11) is 0. The van der Waals surface area contributed by atoms with E-state index in [9.17, 15) is 14.4 Å². The number of anilines is 2. The Bertz CT molecular complexity index is 1400. The maximum Gasteiger partial charge on any atom is 0.266 e. The fourth-order valence-corrected chi connectivity index (χ4v) is 4.46. The topological polar surface area (TPSA) is 93.1 Å². The third-order valence-corrected chi connectivity index (χ3v) is 6.61. The van der Waals surface area contributed by atoms with Gasteiger partial charge in [-0.15, -0.1) is 11.3 Å². The molecule has 2 N–H and O–H groups in total. The number of aromatic nitrogens is 2. The van der Waals surface area contributed by atoms with E-state index in [-0.39, 0.29) is 12.5 Å². The molecule has 0 spiro atoms. The Morgan fingerprint density at radius 3 is 2.50 bits per heavy atom. The molecule has 0 aliphatic carbocycles. The fraction of sp³-hybridized carbons (Fsp3) is 0.0909. The molecule has 2 amide bonds. The number of hydrogen-bond acceptors (Lipinski definition) is 5. The van der Waals surface area contributed by atoms with E-state index in [0.717, 1.165) is 11.3 Å². The van der Waals surface area contributed by atoms with Crippen LogP contribution in [0.25, 0.3) is 10.2 Å². The lowest BCUT2D eigenvalue weighted by Gasteiger charge is -2.08. The highest BCUT2D eigenvalue weighted by molar-refractivity contribution is 7.20. The second-order valence-corrected chi connectivity index (χ2v) is 8.72. The first-order valence-electron chi connectivity index (χ1n) is 9.43. The molecule has 2 heterocycles. The van der Waals surface area contributed by atoms with Crippen LogP contribution < -0.4 is 16.2 Å². The standard InChI is InChI=1S/C22H16Cl2N4O3S/c1-12-18-21(32-19(12)20(30)27-13-5-3-2-4-6-13)25-11-28(22(18)31)10-17(29)26-14-7-8-15(23)16(24)9-14/h2-9,11H,10H2,1H3,(H,26,29)(H,27,30). The molecule has 0 saturated heterocycles. The van der Waals surface area contributed by atoms with Crippen LogP contribution in [0, 0.1) is 6.92 Å². The van der Waals surface area contributed by atoms with Gasteiger partial charge < -0.3 is 10.6 Å². The summed E-state index contributed by atoms with van der Waals surface area (Å²) in [5, 5.41) is 6.47. The van der Waals surface area contributed by atoms with Crippen LogP contribution in [0.5, 0.6) is 0 Å². The van der Waals surface area contributed by atoms with Crippen LogP contribution in [0.4, 0.5) is 11.4 Å². The number of aryl methyl sites for hydroxylation is 1. The molecule has 4 aromatic rings.